The topological polar surface area (TPSA) is 110 Å². The van der Waals surface area contributed by atoms with Crippen molar-refractivity contribution < 1.29 is 17.9 Å². The molecular weight excluding hydrogens is 404 g/mol. The zero-order valence-corrected chi connectivity index (χ0v) is 17.2. The summed E-state index contributed by atoms with van der Waals surface area (Å²) in [5.74, 6) is 0.269. The molecule has 30 heavy (non-hydrogen) atoms. The second kappa shape index (κ2) is 9.84. The van der Waals surface area contributed by atoms with Crippen LogP contribution >= 0.6 is 0 Å². The van der Waals surface area contributed by atoms with Crippen LogP contribution < -0.4 is 14.8 Å². The van der Waals surface area contributed by atoms with E-state index in [1.165, 1.54) is 6.07 Å². The lowest BCUT2D eigenvalue weighted by molar-refractivity contribution is 0.102. The Balaban J connectivity index is 1.71. The highest BCUT2D eigenvalue weighted by Gasteiger charge is 2.14. The van der Waals surface area contributed by atoms with Crippen molar-refractivity contribution in [1.29, 1.82) is 0 Å². The molecule has 0 aliphatic heterocycles. The van der Waals surface area contributed by atoms with Crippen LogP contribution in [0.4, 0.5) is 11.5 Å². The van der Waals surface area contributed by atoms with Gasteiger partial charge in [-0.1, -0.05) is 13.0 Å². The van der Waals surface area contributed by atoms with E-state index in [1.54, 1.807) is 55.8 Å². The summed E-state index contributed by atoms with van der Waals surface area (Å²) in [5.41, 5.74) is 1.54. The summed E-state index contributed by atoms with van der Waals surface area (Å²) in [4.78, 5) is 20.8. The first-order valence-corrected chi connectivity index (χ1v) is 11.0. The number of aromatic nitrogens is 2. The lowest BCUT2D eigenvalue weighted by Crippen LogP contribution is -2.17. The molecule has 0 aliphatic carbocycles. The fraction of sp³-hybridized carbons (Fsp3) is 0.190. The van der Waals surface area contributed by atoms with Gasteiger partial charge in [-0.3, -0.25) is 14.5 Å². The van der Waals surface area contributed by atoms with Crippen LogP contribution in [0.15, 0.2) is 67.1 Å². The molecule has 2 aromatic heterocycles. The van der Waals surface area contributed by atoms with Crippen molar-refractivity contribution in [3.63, 3.8) is 0 Å². The van der Waals surface area contributed by atoms with E-state index < -0.39 is 15.9 Å². The van der Waals surface area contributed by atoms with Crippen molar-refractivity contribution in [1.82, 2.24) is 9.97 Å². The highest BCUT2D eigenvalue weighted by molar-refractivity contribution is 7.92. The Kier molecular flexibility index (Phi) is 6.97. The molecule has 0 fully saturated rings. The molecule has 0 spiro atoms. The van der Waals surface area contributed by atoms with E-state index in [2.05, 4.69) is 20.0 Å². The van der Waals surface area contributed by atoms with E-state index >= 15 is 0 Å². The number of hydrogen-bond acceptors (Lipinski definition) is 6. The average Bonchev–Trinajstić information content (AvgIpc) is 2.73. The summed E-state index contributed by atoms with van der Waals surface area (Å²) >= 11 is 0. The lowest BCUT2D eigenvalue weighted by Gasteiger charge is -2.12. The molecule has 3 aromatic rings. The molecule has 156 valence electrons. The Morgan fingerprint density at radius 1 is 1.07 bits per heavy atom. The Morgan fingerprint density at radius 3 is 2.63 bits per heavy atom. The monoisotopic (exact) mass is 426 g/mol. The van der Waals surface area contributed by atoms with Crippen LogP contribution in [-0.4, -0.2) is 30.0 Å². The predicted molar refractivity (Wildman–Crippen MR) is 115 cm³/mol. The summed E-state index contributed by atoms with van der Waals surface area (Å²) < 4.78 is 32.2. The zero-order chi connectivity index (χ0) is 21.4. The second-order valence-corrected chi connectivity index (χ2v) is 8.29. The van der Waals surface area contributed by atoms with Crippen molar-refractivity contribution in [2.24, 2.45) is 0 Å². The molecule has 0 atom stereocenters. The Hall–Kier alpha value is -3.46. The van der Waals surface area contributed by atoms with E-state index in [4.69, 9.17) is 4.74 Å². The van der Waals surface area contributed by atoms with E-state index in [-0.39, 0.29) is 17.1 Å². The Bertz CT molecular complexity index is 1100. The summed E-state index contributed by atoms with van der Waals surface area (Å²) in [6, 6.07) is 13.3. The molecule has 1 aromatic carbocycles. The number of rotatable bonds is 9. The quantitative estimate of drug-likeness (QED) is 0.542. The fourth-order valence-electron chi connectivity index (χ4n) is 2.64. The zero-order valence-electron chi connectivity index (χ0n) is 16.4. The van der Waals surface area contributed by atoms with E-state index in [0.717, 1.165) is 5.56 Å². The smallest absolute Gasteiger partial charge is 0.256 e. The van der Waals surface area contributed by atoms with Crippen LogP contribution in [0.2, 0.25) is 0 Å². The first-order valence-electron chi connectivity index (χ1n) is 9.35. The van der Waals surface area contributed by atoms with Gasteiger partial charge in [0.2, 0.25) is 10.0 Å². The van der Waals surface area contributed by atoms with E-state index in [0.29, 0.717) is 24.5 Å². The number of benzene rings is 1. The molecule has 3 rings (SSSR count). The van der Waals surface area contributed by atoms with Crippen molar-refractivity contribution in [3.05, 3.63) is 78.2 Å². The number of pyridine rings is 2. The standard InChI is InChI=1S/C21H22N4O4S/c1-2-13-30(27,28)25-18-6-3-5-17(14-18)21(26)24-20-19(7-4-10-23-20)29-15-16-8-11-22-12-9-16/h3-12,14,25H,2,13,15H2,1H3,(H,23,24,26). The van der Waals surface area contributed by atoms with Crippen LogP contribution in [0, 0.1) is 0 Å². The first kappa shape index (κ1) is 21.3. The maximum Gasteiger partial charge on any atom is 0.256 e. The van der Waals surface area contributed by atoms with Gasteiger partial charge in [-0.25, -0.2) is 13.4 Å². The molecule has 0 radical (unpaired) electrons. The number of anilines is 2. The number of carbonyl (C=O) groups is 1. The van der Waals surface area contributed by atoms with Crippen LogP contribution in [0.5, 0.6) is 5.75 Å². The third kappa shape index (κ3) is 6.02. The van der Waals surface area contributed by atoms with Gasteiger partial charge in [0.25, 0.3) is 5.91 Å². The molecule has 0 unspecified atom stereocenters. The minimum Gasteiger partial charge on any atom is -0.485 e. The molecule has 2 heterocycles. The first-order chi connectivity index (χ1) is 14.5. The van der Waals surface area contributed by atoms with E-state index in [9.17, 15) is 13.2 Å². The third-order valence-electron chi connectivity index (χ3n) is 4.02. The highest BCUT2D eigenvalue weighted by atomic mass is 32.2. The summed E-state index contributed by atoms with van der Waals surface area (Å²) in [5, 5.41) is 2.71. The number of sulfonamides is 1. The van der Waals surface area contributed by atoms with Crippen molar-refractivity contribution in [2.75, 3.05) is 15.8 Å². The Labute approximate surface area is 175 Å². The number of nitrogens with one attached hydrogen (secondary N) is 2. The van der Waals surface area contributed by atoms with Gasteiger partial charge in [0, 0.05) is 29.8 Å². The number of carbonyl (C=O) groups excluding carboxylic acids is 1. The number of nitrogens with zero attached hydrogens (tertiary/aromatic N) is 2. The normalized spacial score (nSPS) is 11.0. The number of ether oxygens (including phenoxy) is 1. The van der Waals surface area contributed by atoms with E-state index in [1.807, 2.05) is 12.1 Å². The van der Waals surface area contributed by atoms with Crippen molar-refractivity contribution in [2.45, 2.75) is 20.0 Å². The van der Waals surface area contributed by atoms with Gasteiger partial charge >= 0.3 is 0 Å². The molecule has 8 nitrogen and oxygen atoms in total. The van der Waals surface area contributed by atoms with Crippen LogP contribution in [-0.2, 0) is 16.6 Å². The number of hydrogen-bond donors (Lipinski definition) is 2. The lowest BCUT2D eigenvalue weighted by atomic mass is 10.2. The van der Waals surface area contributed by atoms with Crippen LogP contribution in [0.25, 0.3) is 0 Å². The second-order valence-electron chi connectivity index (χ2n) is 6.45. The largest absolute Gasteiger partial charge is 0.485 e. The predicted octanol–water partition coefficient (Wildman–Crippen LogP) is 3.46. The molecule has 0 saturated carbocycles. The Morgan fingerprint density at radius 2 is 1.87 bits per heavy atom. The van der Waals surface area contributed by atoms with Gasteiger partial charge in [0.15, 0.2) is 11.6 Å². The van der Waals surface area contributed by atoms with Gasteiger partial charge in [0.05, 0.1) is 5.75 Å². The maximum absolute atomic E-state index is 12.7. The molecule has 0 aliphatic rings. The summed E-state index contributed by atoms with van der Waals surface area (Å²) in [7, 11) is -3.44. The molecule has 0 bridgehead atoms. The molecule has 9 heteroatoms. The van der Waals surface area contributed by atoms with Crippen molar-refractivity contribution in [3.8, 4) is 5.75 Å². The highest BCUT2D eigenvalue weighted by Crippen LogP contribution is 2.23. The SMILES string of the molecule is CCCS(=O)(=O)Nc1cccc(C(=O)Nc2ncccc2OCc2ccncc2)c1. The fourth-order valence-corrected chi connectivity index (χ4v) is 3.77. The molecular formula is C21H22N4O4S. The van der Waals surface area contributed by atoms with Gasteiger partial charge in [-0.05, 0) is 54.4 Å². The number of amides is 1. The van der Waals surface area contributed by atoms with Crippen LogP contribution in [0.1, 0.15) is 29.3 Å². The van der Waals surface area contributed by atoms with Gasteiger partial charge < -0.3 is 10.1 Å². The maximum atomic E-state index is 12.7. The van der Waals surface area contributed by atoms with Crippen molar-refractivity contribution >= 4 is 27.4 Å². The minimum absolute atomic E-state index is 0.00946. The minimum atomic E-state index is -3.44. The average molecular weight is 426 g/mol. The molecule has 2 N–H and O–H groups in total. The summed E-state index contributed by atoms with van der Waals surface area (Å²) in [6.45, 7) is 2.08. The van der Waals surface area contributed by atoms with Gasteiger partial charge in [0.1, 0.15) is 6.61 Å². The summed E-state index contributed by atoms with van der Waals surface area (Å²) in [6.07, 6.45) is 5.39. The molecule has 0 saturated heterocycles. The van der Waals surface area contributed by atoms with Gasteiger partial charge in [-0.15, -0.1) is 0 Å². The third-order valence-corrected chi connectivity index (χ3v) is 5.51. The van der Waals surface area contributed by atoms with Gasteiger partial charge in [-0.2, -0.15) is 0 Å². The van der Waals surface area contributed by atoms with Crippen LogP contribution in [0.3, 0.4) is 0 Å². The molecule has 1 amide bonds.